The molecule has 1 atom stereocenters. The Kier molecular flexibility index (Phi) is 7.23. The molecule has 103 valence electrons. The highest BCUT2D eigenvalue weighted by Crippen LogP contribution is 2.15. The van der Waals surface area contributed by atoms with Crippen molar-refractivity contribution in [3.63, 3.8) is 0 Å². The summed E-state index contributed by atoms with van der Waals surface area (Å²) in [7, 11) is -3.87. The van der Waals surface area contributed by atoms with Gasteiger partial charge in [-0.05, 0) is 20.8 Å². The summed E-state index contributed by atoms with van der Waals surface area (Å²) in [5.41, 5.74) is 0. The van der Waals surface area contributed by atoms with Gasteiger partial charge in [0.25, 0.3) is 10.1 Å². The lowest BCUT2D eigenvalue weighted by atomic mass is 10.2. The summed E-state index contributed by atoms with van der Waals surface area (Å²) in [6.45, 7) is 12.9. The van der Waals surface area contributed by atoms with Crippen molar-refractivity contribution in [3.8, 4) is 0 Å². The third-order valence-corrected chi connectivity index (χ3v) is 4.04. The fourth-order valence-electron chi connectivity index (χ4n) is 2.00. The molecule has 17 heavy (non-hydrogen) atoms. The van der Waals surface area contributed by atoms with Crippen molar-refractivity contribution >= 4 is 10.1 Å². The number of ether oxygens (including phenoxy) is 1. The Hall–Kier alpha value is -0.170. The Morgan fingerprint density at radius 3 is 2.18 bits per heavy atom. The van der Waals surface area contributed by atoms with Gasteiger partial charge in [-0.1, -0.05) is 0 Å². The van der Waals surface area contributed by atoms with Crippen LogP contribution in [-0.4, -0.2) is 55.7 Å². The van der Waals surface area contributed by atoms with Gasteiger partial charge in [0.15, 0.2) is 6.23 Å². The maximum atomic E-state index is 10.7. The number of rotatable bonds is 9. The molecular weight excluding hydrogens is 242 g/mol. The molecule has 0 aliphatic carbocycles. The lowest BCUT2D eigenvalue weighted by molar-refractivity contribution is -0.962. The zero-order chi connectivity index (χ0) is 13.5. The zero-order valence-corrected chi connectivity index (χ0v) is 11.9. The van der Waals surface area contributed by atoms with Gasteiger partial charge in [-0.25, -0.2) is 0 Å². The Morgan fingerprint density at radius 2 is 1.82 bits per heavy atom. The van der Waals surface area contributed by atoms with Crippen LogP contribution >= 0.6 is 0 Å². The van der Waals surface area contributed by atoms with Crippen molar-refractivity contribution in [2.24, 2.45) is 0 Å². The summed E-state index contributed by atoms with van der Waals surface area (Å²) < 4.78 is 36.2. The van der Waals surface area contributed by atoms with Gasteiger partial charge in [-0.3, -0.25) is 9.04 Å². The highest BCUT2D eigenvalue weighted by Gasteiger charge is 2.31. The molecule has 0 fully saturated rings. The molecule has 0 aromatic carbocycles. The molecule has 0 saturated carbocycles. The van der Waals surface area contributed by atoms with E-state index in [9.17, 15) is 8.42 Å². The first kappa shape index (κ1) is 16.8. The van der Waals surface area contributed by atoms with E-state index in [1.165, 1.54) is 0 Å². The molecule has 1 radical (unpaired) electrons. The molecule has 0 spiro atoms. The van der Waals surface area contributed by atoms with E-state index >= 15 is 0 Å². The molecule has 0 bridgehead atoms. The van der Waals surface area contributed by atoms with Crippen molar-refractivity contribution in [3.05, 3.63) is 6.92 Å². The van der Waals surface area contributed by atoms with Gasteiger partial charge in [-0.2, -0.15) is 8.42 Å². The van der Waals surface area contributed by atoms with Gasteiger partial charge in [0.2, 0.25) is 0 Å². The summed E-state index contributed by atoms with van der Waals surface area (Å²) in [6, 6.07) is 0. The third kappa shape index (κ3) is 5.81. The lowest BCUT2D eigenvalue weighted by Crippen LogP contribution is -2.56. The molecule has 0 rings (SSSR count). The van der Waals surface area contributed by atoms with E-state index in [0.717, 1.165) is 13.1 Å². The summed E-state index contributed by atoms with van der Waals surface area (Å²) in [5, 5.41) is 0. The molecule has 0 aromatic rings. The quantitative estimate of drug-likeness (QED) is 0.389. The average Bonchev–Trinajstić information content (AvgIpc) is 2.23. The Labute approximate surface area is 105 Å². The summed E-state index contributed by atoms with van der Waals surface area (Å²) in [5.74, 6) is -0.203. The molecule has 5 nitrogen and oxygen atoms in total. The van der Waals surface area contributed by atoms with Crippen molar-refractivity contribution in [2.45, 2.75) is 33.4 Å². The Bertz CT molecular complexity index is 299. The second-order valence-corrected chi connectivity index (χ2v) is 5.70. The number of hydrogen-bond donors (Lipinski definition) is 1. The monoisotopic (exact) mass is 267 g/mol. The molecule has 0 aliphatic rings. The van der Waals surface area contributed by atoms with E-state index in [1.54, 1.807) is 0 Å². The van der Waals surface area contributed by atoms with Crippen LogP contribution in [0.15, 0.2) is 0 Å². The minimum atomic E-state index is -3.87. The minimum absolute atomic E-state index is 0.198. The maximum Gasteiger partial charge on any atom is 0.265 e. The van der Waals surface area contributed by atoms with Crippen LogP contribution in [0.4, 0.5) is 0 Å². The highest BCUT2D eigenvalue weighted by atomic mass is 32.2. The SMILES string of the molecule is [CH2]C(OCC)[N+](CC)(CC)CCCS(=O)(=O)O. The predicted octanol–water partition coefficient (Wildman–Crippen LogP) is 1.32. The number of nitrogens with zero attached hydrogens (tertiary/aromatic N) is 1. The van der Waals surface area contributed by atoms with Crippen LogP contribution in [0.25, 0.3) is 0 Å². The lowest BCUT2D eigenvalue weighted by Gasteiger charge is -2.41. The van der Waals surface area contributed by atoms with Crippen molar-refractivity contribution < 1.29 is 22.2 Å². The molecule has 0 aromatic heterocycles. The number of hydrogen-bond acceptors (Lipinski definition) is 3. The van der Waals surface area contributed by atoms with Crippen molar-refractivity contribution in [2.75, 3.05) is 32.0 Å². The first-order chi connectivity index (χ1) is 7.81. The van der Waals surface area contributed by atoms with Gasteiger partial charge in [-0.15, -0.1) is 0 Å². The first-order valence-electron chi connectivity index (χ1n) is 6.07. The number of quaternary nitrogens is 1. The smallest absolute Gasteiger partial charge is 0.265 e. The van der Waals surface area contributed by atoms with Crippen LogP contribution in [0.1, 0.15) is 27.2 Å². The molecule has 0 saturated heterocycles. The first-order valence-corrected chi connectivity index (χ1v) is 7.67. The van der Waals surface area contributed by atoms with E-state index in [0.29, 0.717) is 24.1 Å². The minimum Gasteiger partial charge on any atom is -0.329 e. The van der Waals surface area contributed by atoms with Crippen LogP contribution in [-0.2, 0) is 14.9 Å². The van der Waals surface area contributed by atoms with Crippen LogP contribution < -0.4 is 0 Å². The van der Waals surface area contributed by atoms with Gasteiger partial charge in [0.05, 0.1) is 32.0 Å². The summed E-state index contributed by atoms with van der Waals surface area (Å²) in [6.07, 6.45) is 0.218. The van der Waals surface area contributed by atoms with E-state index in [1.807, 2.05) is 20.8 Å². The maximum absolute atomic E-state index is 10.7. The van der Waals surface area contributed by atoms with Gasteiger partial charge >= 0.3 is 0 Å². The summed E-state index contributed by atoms with van der Waals surface area (Å²) >= 11 is 0. The summed E-state index contributed by atoms with van der Waals surface area (Å²) in [4.78, 5) is 0. The van der Waals surface area contributed by atoms with Crippen molar-refractivity contribution in [1.82, 2.24) is 0 Å². The second kappa shape index (κ2) is 7.31. The molecular formula is C11H25NO4S+. The fraction of sp³-hybridized carbons (Fsp3) is 0.909. The van der Waals surface area contributed by atoms with E-state index in [-0.39, 0.29) is 12.0 Å². The highest BCUT2D eigenvalue weighted by molar-refractivity contribution is 7.85. The molecule has 1 N–H and O–H groups in total. The van der Waals surface area contributed by atoms with Gasteiger partial charge in [0.1, 0.15) is 0 Å². The average molecular weight is 267 g/mol. The van der Waals surface area contributed by atoms with Gasteiger partial charge < -0.3 is 4.74 Å². The van der Waals surface area contributed by atoms with Crippen LogP contribution in [0.5, 0.6) is 0 Å². The van der Waals surface area contributed by atoms with Gasteiger partial charge in [0, 0.05) is 13.3 Å². The van der Waals surface area contributed by atoms with E-state index < -0.39 is 10.1 Å². The fourth-order valence-corrected chi connectivity index (χ4v) is 2.50. The largest absolute Gasteiger partial charge is 0.329 e. The normalized spacial score (nSPS) is 14.9. The standard InChI is InChI=1S/C11H24NO4S/c1-5-12(6-2,11(4)16-7-3)9-8-10-17(13,14)15/h11H,4-10H2,1-3H3/p+1. The third-order valence-electron chi connectivity index (χ3n) is 3.24. The van der Waals surface area contributed by atoms with Crippen molar-refractivity contribution in [1.29, 1.82) is 0 Å². The molecule has 0 aliphatic heterocycles. The molecule has 6 heteroatoms. The van der Waals surface area contributed by atoms with Crippen LogP contribution in [0, 0.1) is 6.92 Å². The molecule has 0 heterocycles. The zero-order valence-electron chi connectivity index (χ0n) is 11.1. The Morgan fingerprint density at radius 1 is 1.29 bits per heavy atom. The molecule has 0 amide bonds. The predicted molar refractivity (Wildman–Crippen MR) is 68.0 cm³/mol. The van der Waals surface area contributed by atoms with Crippen LogP contribution in [0.2, 0.25) is 0 Å². The van der Waals surface area contributed by atoms with Crippen LogP contribution in [0.3, 0.4) is 0 Å². The van der Waals surface area contributed by atoms with E-state index in [4.69, 9.17) is 9.29 Å². The Balaban J connectivity index is 4.50. The molecule has 1 unspecified atom stereocenters. The second-order valence-electron chi connectivity index (χ2n) is 4.12. The van der Waals surface area contributed by atoms with E-state index in [2.05, 4.69) is 6.92 Å². The topological polar surface area (TPSA) is 63.6 Å².